The Kier molecular flexibility index (Phi) is 5.44. The zero-order valence-electron chi connectivity index (χ0n) is 15.0. The fourth-order valence-electron chi connectivity index (χ4n) is 3.55. The quantitative estimate of drug-likeness (QED) is 0.698. The highest BCUT2D eigenvalue weighted by Crippen LogP contribution is 2.35. The Labute approximate surface area is 177 Å². The SMILES string of the molecule is O=C(NCc1n[nH]c(=S)n1C1CC1)C1CCCN1C(=O)c1cc(Cl)ccc1Cl. The second-order valence-electron chi connectivity index (χ2n) is 7.04. The summed E-state index contributed by atoms with van der Waals surface area (Å²) in [4.78, 5) is 27.3. The van der Waals surface area contributed by atoms with E-state index in [2.05, 4.69) is 15.5 Å². The minimum absolute atomic E-state index is 0.208. The molecule has 2 fully saturated rings. The molecule has 0 radical (unpaired) electrons. The molecule has 1 saturated carbocycles. The van der Waals surface area contributed by atoms with Crippen LogP contribution in [-0.2, 0) is 11.3 Å². The topological polar surface area (TPSA) is 83.0 Å². The van der Waals surface area contributed by atoms with Crippen molar-refractivity contribution in [2.45, 2.75) is 44.3 Å². The van der Waals surface area contributed by atoms with Crippen LogP contribution in [0.4, 0.5) is 0 Å². The minimum atomic E-state index is -0.543. The molecule has 28 heavy (non-hydrogen) atoms. The van der Waals surface area contributed by atoms with E-state index >= 15 is 0 Å². The molecule has 1 atom stereocenters. The number of hydrogen-bond donors (Lipinski definition) is 2. The van der Waals surface area contributed by atoms with Crippen LogP contribution >= 0.6 is 35.4 Å². The van der Waals surface area contributed by atoms with Crippen molar-refractivity contribution >= 4 is 47.2 Å². The van der Waals surface area contributed by atoms with Crippen molar-refractivity contribution in [3.8, 4) is 0 Å². The number of halogens is 2. The number of H-pyrrole nitrogens is 1. The minimum Gasteiger partial charge on any atom is -0.347 e. The molecule has 1 aromatic heterocycles. The van der Waals surface area contributed by atoms with Crippen LogP contribution in [0.3, 0.4) is 0 Å². The van der Waals surface area contributed by atoms with Gasteiger partial charge in [0.05, 0.1) is 17.1 Å². The van der Waals surface area contributed by atoms with E-state index in [4.69, 9.17) is 35.4 Å². The first kappa shape index (κ1) is 19.4. The summed E-state index contributed by atoms with van der Waals surface area (Å²) in [6.07, 6.45) is 3.49. The van der Waals surface area contributed by atoms with Gasteiger partial charge in [0.2, 0.25) is 5.91 Å². The molecule has 0 spiro atoms. The van der Waals surface area contributed by atoms with Crippen LogP contribution in [-0.4, -0.2) is 44.1 Å². The average molecular weight is 440 g/mol. The lowest BCUT2D eigenvalue weighted by Crippen LogP contribution is -2.46. The Morgan fingerprint density at radius 3 is 2.82 bits per heavy atom. The smallest absolute Gasteiger partial charge is 0.256 e. The van der Waals surface area contributed by atoms with E-state index in [1.807, 2.05) is 4.57 Å². The van der Waals surface area contributed by atoms with E-state index in [-0.39, 0.29) is 18.4 Å². The van der Waals surface area contributed by atoms with Crippen molar-refractivity contribution in [1.82, 2.24) is 25.0 Å². The second kappa shape index (κ2) is 7.85. The monoisotopic (exact) mass is 439 g/mol. The van der Waals surface area contributed by atoms with Gasteiger partial charge in [-0.2, -0.15) is 5.10 Å². The van der Waals surface area contributed by atoms with Gasteiger partial charge in [-0.3, -0.25) is 19.3 Å². The summed E-state index contributed by atoms with van der Waals surface area (Å²) in [6.45, 7) is 0.763. The number of carbonyl (C=O) groups is 2. The summed E-state index contributed by atoms with van der Waals surface area (Å²) in [7, 11) is 0. The molecule has 4 rings (SSSR count). The molecule has 2 aromatic rings. The van der Waals surface area contributed by atoms with E-state index in [0.717, 1.165) is 19.3 Å². The van der Waals surface area contributed by atoms with Gasteiger partial charge in [0.25, 0.3) is 5.91 Å². The molecule has 2 N–H and O–H groups in total. The number of nitrogens with zero attached hydrogens (tertiary/aromatic N) is 3. The first-order valence-corrected chi connectivity index (χ1v) is 10.3. The molecule has 1 unspecified atom stereocenters. The average Bonchev–Trinajstić information content (AvgIpc) is 3.25. The third kappa shape index (κ3) is 3.81. The van der Waals surface area contributed by atoms with Gasteiger partial charge in [-0.25, -0.2) is 0 Å². The molecule has 1 saturated heterocycles. The van der Waals surface area contributed by atoms with Gasteiger partial charge in [0, 0.05) is 17.6 Å². The van der Waals surface area contributed by atoms with Gasteiger partial charge in [-0.15, -0.1) is 0 Å². The Bertz CT molecular complexity index is 985. The number of amides is 2. The van der Waals surface area contributed by atoms with E-state index in [1.54, 1.807) is 17.0 Å². The zero-order chi connectivity index (χ0) is 19.8. The number of nitrogens with one attached hydrogen (secondary N) is 2. The number of likely N-dealkylation sites (tertiary alicyclic amines) is 1. The molecule has 1 aliphatic heterocycles. The van der Waals surface area contributed by atoms with Crippen molar-refractivity contribution in [3.63, 3.8) is 0 Å². The highest BCUT2D eigenvalue weighted by atomic mass is 35.5. The Hall–Kier alpha value is -1.90. The summed E-state index contributed by atoms with van der Waals surface area (Å²) in [5.41, 5.74) is 0.309. The van der Waals surface area contributed by atoms with Crippen molar-refractivity contribution in [3.05, 3.63) is 44.4 Å². The highest BCUT2D eigenvalue weighted by molar-refractivity contribution is 7.71. The number of rotatable bonds is 5. The van der Waals surface area contributed by atoms with Gasteiger partial charge >= 0.3 is 0 Å². The molecule has 0 bridgehead atoms. The fourth-order valence-corrected chi connectivity index (χ4v) is 4.22. The maximum absolute atomic E-state index is 12.9. The molecule has 1 aromatic carbocycles. The number of aromatic amines is 1. The highest BCUT2D eigenvalue weighted by Gasteiger charge is 2.35. The van der Waals surface area contributed by atoms with Gasteiger partial charge in [0.15, 0.2) is 10.6 Å². The second-order valence-corrected chi connectivity index (χ2v) is 8.28. The molecule has 148 valence electrons. The van der Waals surface area contributed by atoms with Crippen molar-refractivity contribution in [2.75, 3.05) is 6.54 Å². The molecule has 2 heterocycles. The molecule has 2 amide bonds. The van der Waals surface area contributed by atoms with Crippen molar-refractivity contribution < 1.29 is 9.59 Å². The largest absolute Gasteiger partial charge is 0.347 e. The van der Waals surface area contributed by atoms with E-state index in [1.165, 1.54) is 6.07 Å². The Morgan fingerprint density at radius 1 is 1.29 bits per heavy atom. The maximum Gasteiger partial charge on any atom is 0.256 e. The third-order valence-corrected chi connectivity index (χ3v) is 5.94. The lowest BCUT2D eigenvalue weighted by atomic mass is 10.1. The number of hydrogen-bond acceptors (Lipinski definition) is 4. The fraction of sp³-hybridized carbons (Fsp3) is 0.444. The van der Waals surface area contributed by atoms with E-state index in [9.17, 15) is 9.59 Å². The van der Waals surface area contributed by atoms with Gasteiger partial charge in [0.1, 0.15) is 6.04 Å². The molecular formula is C18H19Cl2N5O2S. The van der Waals surface area contributed by atoms with E-state index in [0.29, 0.717) is 45.2 Å². The zero-order valence-corrected chi connectivity index (χ0v) is 17.3. The van der Waals surface area contributed by atoms with Crippen molar-refractivity contribution in [2.24, 2.45) is 0 Å². The molecule has 1 aliphatic carbocycles. The van der Waals surface area contributed by atoms with Crippen LogP contribution in [0.1, 0.15) is 47.9 Å². The van der Waals surface area contributed by atoms with Crippen LogP contribution in [0.15, 0.2) is 18.2 Å². The predicted molar refractivity (Wildman–Crippen MR) is 108 cm³/mol. The first-order valence-electron chi connectivity index (χ1n) is 9.15. The van der Waals surface area contributed by atoms with E-state index < -0.39 is 6.04 Å². The van der Waals surface area contributed by atoms with Crippen LogP contribution in [0.25, 0.3) is 0 Å². The van der Waals surface area contributed by atoms with Crippen LogP contribution in [0.2, 0.25) is 10.0 Å². The van der Waals surface area contributed by atoms with Gasteiger partial charge in [-0.05, 0) is 56.1 Å². The van der Waals surface area contributed by atoms with Gasteiger partial charge in [-0.1, -0.05) is 23.2 Å². The molecular weight excluding hydrogens is 421 g/mol. The molecule has 7 nitrogen and oxygen atoms in total. The summed E-state index contributed by atoms with van der Waals surface area (Å²) in [5, 5.41) is 10.6. The Balaban J connectivity index is 1.46. The first-order chi connectivity index (χ1) is 13.5. The lowest BCUT2D eigenvalue weighted by Gasteiger charge is -2.24. The summed E-state index contributed by atoms with van der Waals surface area (Å²) in [6, 6.07) is 4.57. The molecule has 2 aliphatic rings. The number of carbonyl (C=O) groups excluding carboxylic acids is 2. The predicted octanol–water partition coefficient (Wildman–Crippen LogP) is 3.50. The maximum atomic E-state index is 12.9. The van der Waals surface area contributed by atoms with Crippen molar-refractivity contribution in [1.29, 1.82) is 0 Å². The number of aromatic nitrogens is 3. The van der Waals surface area contributed by atoms with Crippen LogP contribution < -0.4 is 5.32 Å². The van der Waals surface area contributed by atoms with Crippen LogP contribution in [0, 0.1) is 4.77 Å². The normalized spacial score (nSPS) is 19.1. The summed E-state index contributed by atoms with van der Waals surface area (Å²) >= 11 is 17.4. The number of benzene rings is 1. The standard InChI is InChI=1S/C18H19Cl2N5O2S/c19-10-3-6-13(20)12(8-10)17(27)24-7-1-2-14(24)16(26)21-9-15-22-23-18(28)25(15)11-4-5-11/h3,6,8,11,14H,1-2,4-5,7,9H2,(H,21,26)(H,23,28). The summed E-state index contributed by atoms with van der Waals surface area (Å²) < 4.78 is 2.53. The van der Waals surface area contributed by atoms with Gasteiger partial charge < -0.3 is 10.2 Å². The van der Waals surface area contributed by atoms with Crippen LogP contribution in [0.5, 0.6) is 0 Å². The third-order valence-electron chi connectivity index (χ3n) is 5.09. The molecule has 10 heteroatoms. The lowest BCUT2D eigenvalue weighted by molar-refractivity contribution is -0.125. The Morgan fingerprint density at radius 2 is 2.07 bits per heavy atom. The summed E-state index contributed by atoms with van der Waals surface area (Å²) in [5.74, 6) is 0.209.